The van der Waals surface area contributed by atoms with Crippen LogP contribution in [0, 0.1) is 6.92 Å². The van der Waals surface area contributed by atoms with Crippen LogP contribution in [-0.4, -0.2) is 42.0 Å². The molecule has 1 saturated carbocycles. The van der Waals surface area contributed by atoms with Gasteiger partial charge in [0.1, 0.15) is 12.5 Å². The molecule has 1 fully saturated rings. The van der Waals surface area contributed by atoms with Gasteiger partial charge in [0.05, 0.1) is 12.2 Å². The number of carbonyl (C=O) groups is 2. The monoisotopic (exact) mass is 503 g/mol. The van der Waals surface area contributed by atoms with Crippen molar-refractivity contribution in [2.24, 2.45) is 0 Å². The van der Waals surface area contributed by atoms with Gasteiger partial charge in [-0.1, -0.05) is 12.1 Å². The van der Waals surface area contributed by atoms with E-state index < -0.39 is 6.67 Å². The lowest BCUT2D eigenvalue weighted by molar-refractivity contribution is 0.102. The van der Waals surface area contributed by atoms with Crippen LogP contribution in [0.1, 0.15) is 45.5 Å². The summed E-state index contributed by atoms with van der Waals surface area (Å²) in [6.07, 6.45) is 4.01. The van der Waals surface area contributed by atoms with E-state index >= 15 is 0 Å². The number of nitrogens with one attached hydrogen (secondary N) is 3. The van der Waals surface area contributed by atoms with Crippen LogP contribution in [0.25, 0.3) is 0 Å². The van der Waals surface area contributed by atoms with Gasteiger partial charge in [0.15, 0.2) is 0 Å². The molecule has 0 radical (unpaired) electrons. The van der Waals surface area contributed by atoms with E-state index in [1.54, 1.807) is 55.5 Å². The maximum Gasteiger partial charge on any atom is 0.330 e. The maximum atomic E-state index is 13.7. The van der Waals surface area contributed by atoms with Gasteiger partial charge < -0.3 is 16.0 Å². The van der Waals surface area contributed by atoms with Crippen molar-refractivity contribution in [1.29, 1.82) is 0 Å². The topological polar surface area (TPSA) is 102 Å². The van der Waals surface area contributed by atoms with E-state index in [4.69, 9.17) is 0 Å². The Morgan fingerprint density at radius 3 is 2.70 bits per heavy atom. The SMILES string of the molecule is CNc1ncc2c(n1)N(C)C(=O)N(c1cc(NC(=O)c3ccc(CNC4CC4)c(CF)c3)ccc1C)C2. The van der Waals surface area contributed by atoms with Crippen LogP contribution in [0.3, 0.4) is 0 Å². The van der Waals surface area contributed by atoms with Crippen molar-refractivity contribution in [3.8, 4) is 0 Å². The molecule has 0 saturated heterocycles. The zero-order valence-electron chi connectivity index (χ0n) is 21.1. The molecule has 2 heterocycles. The molecule has 0 unspecified atom stereocenters. The largest absolute Gasteiger partial charge is 0.357 e. The van der Waals surface area contributed by atoms with E-state index in [0.717, 1.165) is 29.5 Å². The molecule has 2 aliphatic rings. The van der Waals surface area contributed by atoms with Crippen LogP contribution in [0.5, 0.6) is 0 Å². The number of rotatable bonds is 8. The third kappa shape index (κ3) is 5.10. The number of hydrogen-bond donors (Lipinski definition) is 3. The molecular formula is C27H30FN7O2. The first kappa shape index (κ1) is 24.6. The summed E-state index contributed by atoms with van der Waals surface area (Å²) in [4.78, 5) is 38.1. The Morgan fingerprint density at radius 2 is 1.97 bits per heavy atom. The zero-order valence-corrected chi connectivity index (χ0v) is 21.1. The molecule has 37 heavy (non-hydrogen) atoms. The first-order valence-corrected chi connectivity index (χ1v) is 12.3. The van der Waals surface area contributed by atoms with E-state index in [-0.39, 0.29) is 11.9 Å². The van der Waals surface area contributed by atoms with Gasteiger partial charge in [0.25, 0.3) is 5.91 Å². The van der Waals surface area contributed by atoms with Crippen molar-refractivity contribution in [3.05, 3.63) is 70.4 Å². The van der Waals surface area contributed by atoms with E-state index in [1.807, 2.05) is 13.0 Å². The van der Waals surface area contributed by atoms with Crippen LogP contribution in [0.2, 0.25) is 0 Å². The summed E-state index contributed by atoms with van der Waals surface area (Å²) < 4.78 is 13.7. The van der Waals surface area contributed by atoms with Gasteiger partial charge in [-0.05, 0) is 60.7 Å². The lowest BCUT2D eigenvalue weighted by Gasteiger charge is -2.35. The number of carbonyl (C=O) groups excluding carboxylic acids is 2. The molecule has 2 aromatic carbocycles. The molecule has 3 aromatic rings. The Bertz CT molecular complexity index is 1360. The summed E-state index contributed by atoms with van der Waals surface area (Å²) >= 11 is 0. The lowest BCUT2D eigenvalue weighted by Crippen LogP contribution is -2.46. The summed E-state index contributed by atoms with van der Waals surface area (Å²) in [6.45, 7) is 2.17. The Balaban J connectivity index is 1.35. The molecule has 0 bridgehead atoms. The molecule has 1 aliphatic carbocycles. The van der Waals surface area contributed by atoms with Gasteiger partial charge in [0, 0.05) is 49.7 Å². The predicted molar refractivity (Wildman–Crippen MR) is 142 cm³/mol. The fourth-order valence-electron chi connectivity index (χ4n) is 4.41. The number of aryl methyl sites for hydroxylation is 1. The third-order valence-electron chi connectivity index (χ3n) is 6.76. The standard InChI is InChI=1S/C27H30FN7O2/c1-16-4-7-22(32-25(36)17-5-6-18(19(10-17)12-28)13-30-21-8-9-21)11-23(16)35-15-20-14-31-26(29-2)33-24(20)34(3)27(35)37/h4-7,10-11,14,21,30H,8-9,12-13,15H2,1-3H3,(H,32,36)(H,29,31,33). The maximum absolute atomic E-state index is 13.7. The minimum absolute atomic E-state index is 0.234. The number of halogens is 1. The second kappa shape index (κ2) is 10.1. The molecule has 9 nitrogen and oxygen atoms in total. The second-order valence-corrected chi connectivity index (χ2v) is 9.45. The van der Waals surface area contributed by atoms with E-state index in [9.17, 15) is 14.0 Å². The van der Waals surface area contributed by atoms with Crippen molar-refractivity contribution in [2.45, 2.75) is 45.6 Å². The average molecular weight is 504 g/mol. The van der Waals surface area contributed by atoms with Crippen LogP contribution < -0.4 is 25.8 Å². The molecule has 0 spiro atoms. The molecule has 1 aliphatic heterocycles. The summed E-state index contributed by atoms with van der Waals surface area (Å²) in [5.74, 6) is 0.657. The molecular weight excluding hydrogens is 473 g/mol. The molecule has 0 atom stereocenters. The number of alkyl halides is 1. The fourth-order valence-corrected chi connectivity index (χ4v) is 4.41. The lowest BCUT2D eigenvalue weighted by atomic mass is 10.0. The quantitative estimate of drug-likeness (QED) is 0.422. The van der Waals surface area contributed by atoms with E-state index in [0.29, 0.717) is 53.4 Å². The van der Waals surface area contributed by atoms with Crippen LogP contribution in [0.4, 0.5) is 32.3 Å². The molecule has 3 amide bonds. The van der Waals surface area contributed by atoms with Gasteiger partial charge in [0.2, 0.25) is 5.95 Å². The van der Waals surface area contributed by atoms with Crippen LogP contribution in [0.15, 0.2) is 42.6 Å². The minimum atomic E-state index is -0.636. The summed E-state index contributed by atoms with van der Waals surface area (Å²) in [5, 5.41) is 9.17. The number of urea groups is 1. The highest BCUT2D eigenvalue weighted by Crippen LogP contribution is 2.33. The highest BCUT2D eigenvalue weighted by atomic mass is 19.1. The van der Waals surface area contributed by atoms with Crippen molar-refractivity contribution < 1.29 is 14.0 Å². The van der Waals surface area contributed by atoms with Gasteiger partial charge in [-0.2, -0.15) is 4.98 Å². The predicted octanol–water partition coefficient (Wildman–Crippen LogP) is 4.38. The number of aromatic nitrogens is 2. The van der Waals surface area contributed by atoms with Crippen molar-refractivity contribution in [1.82, 2.24) is 15.3 Å². The number of hydrogen-bond acceptors (Lipinski definition) is 6. The number of anilines is 4. The Morgan fingerprint density at radius 1 is 1.16 bits per heavy atom. The highest BCUT2D eigenvalue weighted by Gasteiger charge is 2.31. The van der Waals surface area contributed by atoms with Gasteiger partial charge >= 0.3 is 6.03 Å². The third-order valence-corrected chi connectivity index (χ3v) is 6.76. The summed E-state index contributed by atoms with van der Waals surface area (Å²) in [7, 11) is 3.40. The van der Waals surface area contributed by atoms with Gasteiger partial charge in [-0.25, -0.2) is 14.2 Å². The fraction of sp³-hybridized carbons (Fsp3) is 0.333. The first-order valence-electron chi connectivity index (χ1n) is 12.3. The highest BCUT2D eigenvalue weighted by molar-refractivity contribution is 6.07. The van der Waals surface area contributed by atoms with Crippen molar-refractivity contribution in [3.63, 3.8) is 0 Å². The number of amides is 3. The van der Waals surface area contributed by atoms with Crippen molar-refractivity contribution >= 4 is 35.1 Å². The number of benzene rings is 2. The molecule has 10 heteroatoms. The average Bonchev–Trinajstić information content (AvgIpc) is 3.75. The second-order valence-electron chi connectivity index (χ2n) is 9.45. The minimum Gasteiger partial charge on any atom is -0.357 e. The zero-order chi connectivity index (χ0) is 26.1. The van der Waals surface area contributed by atoms with Crippen LogP contribution >= 0.6 is 0 Å². The Labute approximate surface area is 215 Å². The Hall–Kier alpha value is -4.05. The smallest absolute Gasteiger partial charge is 0.330 e. The number of nitrogens with zero attached hydrogens (tertiary/aromatic N) is 4. The normalized spacial score (nSPS) is 15.0. The Kier molecular flexibility index (Phi) is 6.75. The van der Waals surface area contributed by atoms with E-state index in [1.165, 1.54) is 4.90 Å². The van der Waals surface area contributed by atoms with Gasteiger partial charge in [-0.3, -0.25) is 14.6 Å². The molecule has 1 aromatic heterocycles. The molecule has 3 N–H and O–H groups in total. The first-order chi connectivity index (χ1) is 17.9. The molecule has 5 rings (SSSR count). The summed E-state index contributed by atoms with van der Waals surface area (Å²) in [6, 6.07) is 10.8. The van der Waals surface area contributed by atoms with Gasteiger partial charge in [-0.15, -0.1) is 0 Å². The van der Waals surface area contributed by atoms with Crippen molar-refractivity contribution in [2.75, 3.05) is 34.5 Å². The summed E-state index contributed by atoms with van der Waals surface area (Å²) in [5.41, 5.74) is 4.65. The molecule has 192 valence electrons. The van der Waals surface area contributed by atoms with Crippen LogP contribution in [-0.2, 0) is 19.8 Å². The number of fused-ring (bicyclic) bond motifs is 1. The van der Waals surface area contributed by atoms with E-state index in [2.05, 4.69) is 25.9 Å².